The fraction of sp³-hybridized carbons (Fsp3) is 0.308. The van der Waals surface area contributed by atoms with E-state index in [0.717, 1.165) is 0 Å². The highest BCUT2D eigenvalue weighted by Gasteiger charge is 2.24. The summed E-state index contributed by atoms with van der Waals surface area (Å²) in [6, 6.07) is 9.81. The second kappa shape index (κ2) is 6.40. The SMILES string of the molecule is COC(=O)C(C)NC(=O)C(C#N)c1ccccc1. The van der Waals surface area contributed by atoms with E-state index in [-0.39, 0.29) is 0 Å². The molecule has 0 spiro atoms. The molecule has 0 fully saturated rings. The first-order chi connectivity index (χ1) is 8.60. The maximum atomic E-state index is 11.9. The van der Waals surface area contributed by atoms with Crippen LogP contribution in [0.15, 0.2) is 30.3 Å². The second-order valence-electron chi connectivity index (χ2n) is 3.73. The van der Waals surface area contributed by atoms with Crippen LogP contribution in [-0.2, 0) is 14.3 Å². The van der Waals surface area contributed by atoms with Crippen molar-refractivity contribution in [2.45, 2.75) is 18.9 Å². The smallest absolute Gasteiger partial charge is 0.328 e. The van der Waals surface area contributed by atoms with E-state index in [4.69, 9.17) is 5.26 Å². The predicted octanol–water partition coefficient (Wildman–Crippen LogP) is 0.971. The summed E-state index contributed by atoms with van der Waals surface area (Å²) in [5.41, 5.74) is 0.592. The summed E-state index contributed by atoms with van der Waals surface area (Å²) in [5, 5.41) is 11.5. The molecule has 1 aromatic carbocycles. The summed E-state index contributed by atoms with van der Waals surface area (Å²) in [5.74, 6) is -1.99. The maximum absolute atomic E-state index is 11.9. The lowest BCUT2D eigenvalue weighted by atomic mass is 9.99. The molecule has 1 N–H and O–H groups in total. The molecule has 0 aromatic heterocycles. The van der Waals surface area contributed by atoms with E-state index in [9.17, 15) is 9.59 Å². The molecule has 5 heteroatoms. The number of nitrogens with zero attached hydrogens (tertiary/aromatic N) is 1. The minimum absolute atomic E-state index is 0.512. The maximum Gasteiger partial charge on any atom is 0.328 e. The summed E-state index contributed by atoms with van der Waals surface area (Å²) >= 11 is 0. The number of methoxy groups -OCH3 is 1. The van der Waals surface area contributed by atoms with Crippen LogP contribution >= 0.6 is 0 Å². The standard InChI is InChI=1S/C13H14N2O3/c1-9(13(17)18-2)15-12(16)11(8-14)10-6-4-3-5-7-10/h3-7,9,11H,1-2H3,(H,15,16). The third-order valence-corrected chi connectivity index (χ3v) is 2.44. The van der Waals surface area contributed by atoms with E-state index >= 15 is 0 Å². The number of benzene rings is 1. The molecule has 18 heavy (non-hydrogen) atoms. The van der Waals surface area contributed by atoms with Crippen molar-refractivity contribution < 1.29 is 14.3 Å². The number of nitriles is 1. The van der Waals surface area contributed by atoms with Gasteiger partial charge in [-0.3, -0.25) is 4.79 Å². The lowest BCUT2D eigenvalue weighted by Gasteiger charge is -2.14. The second-order valence-corrected chi connectivity index (χ2v) is 3.73. The third kappa shape index (κ3) is 3.32. The van der Waals surface area contributed by atoms with Gasteiger partial charge in [0.15, 0.2) is 0 Å². The van der Waals surface area contributed by atoms with Gasteiger partial charge in [0.1, 0.15) is 12.0 Å². The van der Waals surface area contributed by atoms with E-state index < -0.39 is 23.8 Å². The summed E-state index contributed by atoms with van der Waals surface area (Å²) in [7, 11) is 1.24. The summed E-state index contributed by atoms with van der Waals surface area (Å²) in [6.07, 6.45) is 0. The molecule has 0 radical (unpaired) electrons. The number of nitrogens with one attached hydrogen (secondary N) is 1. The Balaban J connectivity index is 2.76. The van der Waals surface area contributed by atoms with Gasteiger partial charge < -0.3 is 10.1 Å². The molecular weight excluding hydrogens is 232 g/mol. The zero-order chi connectivity index (χ0) is 13.5. The summed E-state index contributed by atoms with van der Waals surface area (Å²) in [4.78, 5) is 23.0. The Hall–Kier alpha value is -2.35. The van der Waals surface area contributed by atoms with Crippen molar-refractivity contribution in [3.8, 4) is 6.07 Å². The highest BCUT2D eigenvalue weighted by molar-refractivity contribution is 5.90. The highest BCUT2D eigenvalue weighted by atomic mass is 16.5. The van der Waals surface area contributed by atoms with Gasteiger partial charge in [0.25, 0.3) is 0 Å². The average Bonchev–Trinajstić information content (AvgIpc) is 2.39. The third-order valence-electron chi connectivity index (χ3n) is 2.44. The van der Waals surface area contributed by atoms with Crippen LogP contribution in [-0.4, -0.2) is 25.0 Å². The quantitative estimate of drug-likeness (QED) is 0.803. The van der Waals surface area contributed by atoms with Crippen LogP contribution in [0.5, 0.6) is 0 Å². The fourth-order valence-electron chi connectivity index (χ4n) is 1.46. The minimum atomic E-state index is -0.932. The Labute approximate surface area is 105 Å². The van der Waals surface area contributed by atoms with Crippen LogP contribution in [0.2, 0.25) is 0 Å². The van der Waals surface area contributed by atoms with Gasteiger partial charge >= 0.3 is 5.97 Å². The van der Waals surface area contributed by atoms with Crippen LogP contribution in [0, 0.1) is 11.3 Å². The lowest BCUT2D eigenvalue weighted by molar-refractivity contribution is -0.144. The Morgan fingerprint density at radius 1 is 1.33 bits per heavy atom. The molecule has 5 nitrogen and oxygen atoms in total. The normalized spacial score (nSPS) is 12.9. The Bertz CT molecular complexity index is 465. The molecule has 0 aliphatic heterocycles. The highest BCUT2D eigenvalue weighted by Crippen LogP contribution is 2.14. The van der Waals surface area contributed by atoms with Crippen LogP contribution < -0.4 is 5.32 Å². The largest absolute Gasteiger partial charge is 0.467 e. The molecule has 0 saturated carbocycles. The first-order valence-corrected chi connectivity index (χ1v) is 5.43. The molecule has 1 amide bonds. The van der Waals surface area contributed by atoms with Gasteiger partial charge in [-0.2, -0.15) is 5.26 Å². The molecule has 94 valence electrons. The van der Waals surface area contributed by atoms with Gasteiger partial charge in [-0.1, -0.05) is 30.3 Å². The minimum Gasteiger partial charge on any atom is -0.467 e. The van der Waals surface area contributed by atoms with E-state index in [0.29, 0.717) is 5.56 Å². The molecule has 2 atom stereocenters. The van der Waals surface area contributed by atoms with Gasteiger partial charge in [0.2, 0.25) is 5.91 Å². The molecule has 0 heterocycles. The van der Waals surface area contributed by atoms with Crippen molar-refractivity contribution in [3.63, 3.8) is 0 Å². The molecule has 0 saturated heterocycles. The van der Waals surface area contributed by atoms with Crippen molar-refractivity contribution in [3.05, 3.63) is 35.9 Å². The van der Waals surface area contributed by atoms with E-state index in [1.165, 1.54) is 14.0 Å². The van der Waals surface area contributed by atoms with Gasteiger partial charge in [-0.15, -0.1) is 0 Å². The zero-order valence-corrected chi connectivity index (χ0v) is 10.2. The number of esters is 1. The monoisotopic (exact) mass is 246 g/mol. The average molecular weight is 246 g/mol. The number of carbonyl (C=O) groups is 2. The van der Waals surface area contributed by atoms with Crippen LogP contribution in [0.1, 0.15) is 18.4 Å². The Morgan fingerprint density at radius 3 is 2.44 bits per heavy atom. The van der Waals surface area contributed by atoms with E-state index in [2.05, 4.69) is 10.1 Å². The fourth-order valence-corrected chi connectivity index (χ4v) is 1.46. The molecular formula is C13H14N2O3. The van der Waals surface area contributed by atoms with Gasteiger partial charge in [0, 0.05) is 0 Å². The molecule has 0 aliphatic rings. The zero-order valence-electron chi connectivity index (χ0n) is 10.2. The van der Waals surface area contributed by atoms with Crippen molar-refractivity contribution in [1.29, 1.82) is 5.26 Å². The van der Waals surface area contributed by atoms with Gasteiger partial charge in [0.05, 0.1) is 13.2 Å². The first kappa shape index (κ1) is 13.7. The van der Waals surface area contributed by atoms with Crippen LogP contribution in [0.4, 0.5) is 0 Å². The number of hydrogen-bond donors (Lipinski definition) is 1. The topological polar surface area (TPSA) is 79.2 Å². The number of amides is 1. The first-order valence-electron chi connectivity index (χ1n) is 5.43. The van der Waals surface area contributed by atoms with Crippen LogP contribution in [0.3, 0.4) is 0 Å². The summed E-state index contributed by atoms with van der Waals surface area (Å²) in [6.45, 7) is 1.50. The molecule has 0 bridgehead atoms. The molecule has 1 rings (SSSR count). The number of hydrogen-bond acceptors (Lipinski definition) is 4. The Kier molecular flexibility index (Phi) is 4.88. The van der Waals surface area contributed by atoms with Gasteiger partial charge in [-0.25, -0.2) is 4.79 Å². The molecule has 2 unspecified atom stereocenters. The van der Waals surface area contributed by atoms with Gasteiger partial charge in [-0.05, 0) is 12.5 Å². The van der Waals surface area contributed by atoms with Crippen molar-refractivity contribution in [2.75, 3.05) is 7.11 Å². The van der Waals surface area contributed by atoms with E-state index in [1.807, 2.05) is 6.07 Å². The number of carbonyl (C=O) groups excluding carboxylic acids is 2. The van der Waals surface area contributed by atoms with Crippen molar-refractivity contribution in [1.82, 2.24) is 5.32 Å². The van der Waals surface area contributed by atoms with Crippen molar-refractivity contribution >= 4 is 11.9 Å². The Morgan fingerprint density at radius 2 is 1.94 bits per heavy atom. The molecule has 0 aliphatic carbocycles. The van der Waals surface area contributed by atoms with E-state index in [1.54, 1.807) is 30.3 Å². The summed E-state index contributed by atoms with van der Waals surface area (Å²) < 4.78 is 4.50. The number of rotatable bonds is 4. The lowest BCUT2D eigenvalue weighted by Crippen LogP contribution is -2.41. The van der Waals surface area contributed by atoms with Crippen molar-refractivity contribution in [2.24, 2.45) is 0 Å². The predicted molar refractivity (Wildman–Crippen MR) is 64.4 cm³/mol. The number of ether oxygens (including phenoxy) is 1. The van der Waals surface area contributed by atoms with Crippen LogP contribution in [0.25, 0.3) is 0 Å². The molecule has 1 aromatic rings.